The third-order valence-corrected chi connectivity index (χ3v) is 4.46. The van der Waals surface area contributed by atoms with E-state index in [0.29, 0.717) is 17.9 Å². The average Bonchev–Trinajstić information content (AvgIpc) is 3.02. The first-order valence-corrected chi connectivity index (χ1v) is 8.44. The van der Waals surface area contributed by atoms with Gasteiger partial charge in [0.05, 0.1) is 16.6 Å². The van der Waals surface area contributed by atoms with Gasteiger partial charge in [0.1, 0.15) is 11.8 Å². The van der Waals surface area contributed by atoms with Crippen LogP contribution in [0.5, 0.6) is 0 Å². The van der Waals surface area contributed by atoms with Crippen LogP contribution in [0, 0.1) is 0 Å². The smallest absolute Gasteiger partial charge is 0.282 e. The summed E-state index contributed by atoms with van der Waals surface area (Å²) in [5.74, 6) is -0.299. The monoisotopic (exact) mass is 378 g/mol. The molecule has 130 valence electrons. The lowest BCUT2D eigenvalue weighted by molar-refractivity contribution is 0.102. The molecule has 2 heterocycles. The lowest BCUT2D eigenvalue weighted by atomic mass is 10.1. The Hall–Kier alpha value is -2.31. The van der Waals surface area contributed by atoms with Crippen LogP contribution in [0.4, 0.5) is 5.69 Å². The van der Waals surface area contributed by atoms with Gasteiger partial charge < -0.3 is 15.8 Å². The molecule has 0 aliphatic carbocycles. The molecular weight excluding hydrogens is 363 g/mol. The van der Waals surface area contributed by atoms with E-state index >= 15 is 0 Å². The van der Waals surface area contributed by atoms with E-state index in [2.05, 4.69) is 15.3 Å². The van der Waals surface area contributed by atoms with Crippen LogP contribution in [-0.4, -0.2) is 29.6 Å². The summed E-state index contributed by atoms with van der Waals surface area (Å²) in [7, 11) is 0. The topological polar surface area (TPSA) is 89.6 Å². The van der Waals surface area contributed by atoms with Gasteiger partial charge in [0.25, 0.3) is 11.9 Å². The maximum Gasteiger partial charge on any atom is 0.282 e. The molecule has 1 aliphatic heterocycles. The summed E-state index contributed by atoms with van der Waals surface area (Å²) in [6.07, 6.45) is 3.10. The lowest BCUT2D eigenvalue weighted by Gasteiger charge is -2.08. The van der Waals surface area contributed by atoms with Crippen LogP contribution in [-0.2, 0) is 11.2 Å². The molecule has 0 spiro atoms. The van der Waals surface area contributed by atoms with Crippen molar-refractivity contribution in [3.63, 3.8) is 0 Å². The maximum absolute atomic E-state index is 12.2. The molecule has 0 saturated heterocycles. The number of nitrogens with one attached hydrogen (secondary N) is 1. The molecule has 1 aromatic heterocycles. The highest BCUT2D eigenvalue weighted by molar-refractivity contribution is 6.41. The molecule has 0 radical (unpaired) electrons. The van der Waals surface area contributed by atoms with Crippen LogP contribution in [0.25, 0.3) is 0 Å². The standard InChI is InChI=1S/C17H16Cl2N4O2/c18-14-7-11(8-21-15(14)19)16(24)22-12-4-1-10(2-5-12)3-6-13-9-25-17(20)23-13/h1-2,4-5,7-8,13H,3,6,9H2,(H2,20,23)(H,22,24). The van der Waals surface area contributed by atoms with Crippen LogP contribution in [0.1, 0.15) is 22.3 Å². The largest absolute Gasteiger partial charge is 0.463 e. The van der Waals surface area contributed by atoms with Crippen molar-refractivity contribution in [2.75, 3.05) is 11.9 Å². The number of amidine groups is 1. The van der Waals surface area contributed by atoms with Crippen LogP contribution in [0.3, 0.4) is 0 Å². The minimum absolute atomic E-state index is 0.113. The Morgan fingerprint density at radius 1 is 1.32 bits per heavy atom. The van der Waals surface area contributed by atoms with Crippen molar-refractivity contribution in [3.8, 4) is 0 Å². The van der Waals surface area contributed by atoms with Crippen LogP contribution in [0.15, 0.2) is 41.5 Å². The van der Waals surface area contributed by atoms with Gasteiger partial charge in [0.15, 0.2) is 0 Å². The summed E-state index contributed by atoms with van der Waals surface area (Å²) in [6, 6.07) is 9.48. The molecule has 6 nitrogen and oxygen atoms in total. The maximum atomic E-state index is 12.2. The second-order valence-electron chi connectivity index (χ2n) is 5.62. The number of aromatic nitrogens is 1. The normalized spacial score (nSPS) is 16.2. The number of nitrogens with zero attached hydrogens (tertiary/aromatic N) is 2. The average molecular weight is 379 g/mol. The Morgan fingerprint density at radius 3 is 2.72 bits per heavy atom. The summed E-state index contributed by atoms with van der Waals surface area (Å²) in [6.45, 7) is 0.539. The third kappa shape index (κ3) is 4.61. The Morgan fingerprint density at radius 2 is 2.08 bits per heavy atom. The van der Waals surface area contributed by atoms with Gasteiger partial charge in [0, 0.05) is 11.9 Å². The van der Waals surface area contributed by atoms with E-state index in [1.165, 1.54) is 12.3 Å². The zero-order valence-corrected chi connectivity index (χ0v) is 14.7. The zero-order valence-electron chi connectivity index (χ0n) is 13.2. The van der Waals surface area contributed by atoms with Gasteiger partial charge >= 0.3 is 0 Å². The second kappa shape index (κ2) is 7.72. The number of amides is 1. The molecule has 0 bridgehead atoms. The fourth-order valence-corrected chi connectivity index (χ4v) is 2.69. The van der Waals surface area contributed by atoms with Crippen molar-refractivity contribution in [2.45, 2.75) is 18.9 Å². The number of aryl methyl sites for hydroxylation is 1. The predicted octanol–water partition coefficient (Wildman–Crippen LogP) is 3.29. The molecule has 1 amide bonds. The third-order valence-electron chi connectivity index (χ3n) is 3.77. The summed E-state index contributed by atoms with van der Waals surface area (Å²) < 4.78 is 5.13. The van der Waals surface area contributed by atoms with Crippen LogP contribution in [0.2, 0.25) is 10.2 Å². The van der Waals surface area contributed by atoms with E-state index < -0.39 is 0 Å². The first-order chi connectivity index (χ1) is 12.0. The Bertz CT molecular complexity index is 809. The minimum atomic E-state index is -0.299. The molecular formula is C17H16Cl2N4O2. The molecule has 1 aliphatic rings. The van der Waals surface area contributed by atoms with Crippen molar-refractivity contribution in [1.82, 2.24) is 4.98 Å². The number of carbonyl (C=O) groups is 1. The van der Waals surface area contributed by atoms with Gasteiger partial charge in [-0.15, -0.1) is 0 Å². The van der Waals surface area contributed by atoms with Crippen LogP contribution >= 0.6 is 23.2 Å². The van der Waals surface area contributed by atoms with E-state index in [0.717, 1.165) is 18.4 Å². The fraction of sp³-hybridized carbons (Fsp3) is 0.235. The van der Waals surface area contributed by atoms with Gasteiger partial charge in [-0.25, -0.2) is 9.98 Å². The number of pyridine rings is 1. The van der Waals surface area contributed by atoms with Crippen molar-refractivity contribution < 1.29 is 9.53 Å². The van der Waals surface area contributed by atoms with Crippen molar-refractivity contribution in [2.24, 2.45) is 10.7 Å². The van der Waals surface area contributed by atoms with Gasteiger partial charge in [0.2, 0.25) is 0 Å². The molecule has 1 unspecified atom stereocenters. The highest BCUT2D eigenvalue weighted by Crippen LogP contribution is 2.21. The van der Waals surface area contributed by atoms with Crippen molar-refractivity contribution in [1.29, 1.82) is 0 Å². The molecule has 1 atom stereocenters. The summed E-state index contributed by atoms with van der Waals surface area (Å²) in [4.78, 5) is 20.3. The van der Waals surface area contributed by atoms with Gasteiger partial charge in [-0.2, -0.15) is 0 Å². The van der Waals surface area contributed by atoms with E-state index in [4.69, 9.17) is 33.7 Å². The number of benzene rings is 1. The lowest BCUT2D eigenvalue weighted by Crippen LogP contribution is -2.12. The first kappa shape index (κ1) is 17.5. The number of ether oxygens (including phenoxy) is 1. The van der Waals surface area contributed by atoms with Crippen LogP contribution < -0.4 is 11.1 Å². The Balaban J connectivity index is 1.56. The molecule has 0 saturated carbocycles. The molecule has 3 N–H and O–H groups in total. The van der Waals surface area contributed by atoms with Gasteiger partial charge in [-0.1, -0.05) is 35.3 Å². The first-order valence-electron chi connectivity index (χ1n) is 7.68. The predicted molar refractivity (Wildman–Crippen MR) is 98.3 cm³/mol. The minimum Gasteiger partial charge on any atom is -0.463 e. The molecule has 1 aromatic carbocycles. The molecule has 25 heavy (non-hydrogen) atoms. The summed E-state index contributed by atoms with van der Waals surface area (Å²) >= 11 is 11.6. The molecule has 2 aromatic rings. The zero-order chi connectivity index (χ0) is 17.8. The number of anilines is 1. The second-order valence-corrected chi connectivity index (χ2v) is 6.38. The van der Waals surface area contributed by atoms with Crippen molar-refractivity contribution >= 4 is 40.8 Å². The SMILES string of the molecule is NC1=NC(CCc2ccc(NC(=O)c3cnc(Cl)c(Cl)c3)cc2)CO1. The highest BCUT2D eigenvalue weighted by atomic mass is 35.5. The molecule has 8 heteroatoms. The number of nitrogens with two attached hydrogens (primary N) is 1. The van der Waals surface area contributed by atoms with E-state index in [1.807, 2.05) is 24.3 Å². The van der Waals surface area contributed by atoms with E-state index in [1.54, 1.807) is 0 Å². The Kier molecular flexibility index (Phi) is 5.40. The summed E-state index contributed by atoms with van der Waals surface area (Å²) in [5, 5.41) is 3.20. The highest BCUT2D eigenvalue weighted by Gasteiger charge is 2.16. The summed E-state index contributed by atoms with van der Waals surface area (Å²) in [5.41, 5.74) is 7.67. The van der Waals surface area contributed by atoms with Crippen molar-refractivity contribution in [3.05, 3.63) is 57.8 Å². The fourth-order valence-electron chi connectivity index (χ4n) is 2.42. The number of hydrogen-bond donors (Lipinski definition) is 2. The number of aliphatic imine (C=N–C) groups is 1. The number of halogens is 2. The quantitative estimate of drug-likeness (QED) is 0.781. The van der Waals surface area contributed by atoms with Gasteiger partial charge in [-0.05, 0) is 36.6 Å². The van der Waals surface area contributed by atoms with Gasteiger partial charge in [-0.3, -0.25) is 4.79 Å². The number of rotatable bonds is 5. The number of carbonyl (C=O) groups excluding carboxylic acids is 1. The van der Waals surface area contributed by atoms with E-state index in [9.17, 15) is 4.79 Å². The van der Waals surface area contributed by atoms with E-state index in [-0.39, 0.29) is 28.1 Å². The molecule has 0 fully saturated rings. The number of hydrogen-bond acceptors (Lipinski definition) is 5. The Labute approximate surface area is 155 Å². The molecule has 3 rings (SSSR count).